The van der Waals surface area contributed by atoms with Crippen molar-refractivity contribution in [2.75, 3.05) is 24.3 Å². The Bertz CT molecular complexity index is 461. The molecule has 0 aliphatic carbocycles. The van der Waals surface area contributed by atoms with Gasteiger partial charge in [0.1, 0.15) is 6.61 Å². The lowest BCUT2D eigenvalue weighted by Gasteiger charge is -2.15. The number of nitrogens with zero attached hydrogens (tertiary/aromatic N) is 1. The third-order valence-corrected chi connectivity index (χ3v) is 3.05. The summed E-state index contributed by atoms with van der Waals surface area (Å²) >= 11 is 0.842. The third-order valence-electron chi connectivity index (χ3n) is 2.24. The van der Waals surface area contributed by atoms with Crippen molar-refractivity contribution < 1.29 is 19.1 Å². The van der Waals surface area contributed by atoms with E-state index in [1.54, 1.807) is 31.3 Å². The van der Waals surface area contributed by atoms with Crippen LogP contribution in [0.25, 0.3) is 0 Å². The largest absolute Gasteiger partial charge is 0.465 e. The Morgan fingerprint density at radius 3 is 2.42 bits per heavy atom. The van der Waals surface area contributed by atoms with Crippen LogP contribution in [0, 0.1) is 0 Å². The second-order valence-corrected chi connectivity index (χ2v) is 4.74. The molecule has 0 radical (unpaired) electrons. The Kier molecular flexibility index (Phi) is 6.08. The van der Waals surface area contributed by atoms with Crippen LogP contribution in [0.4, 0.5) is 5.69 Å². The molecule has 0 aliphatic heterocycles. The summed E-state index contributed by atoms with van der Waals surface area (Å²) < 4.78 is 4.68. The first-order chi connectivity index (χ1) is 9.02. The van der Waals surface area contributed by atoms with E-state index in [4.69, 9.17) is 0 Å². The van der Waals surface area contributed by atoms with Crippen molar-refractivity contribution in [3.05, 3.63) is 30.3 Å². The smallest absolute Gasteiger partial charge is 0.305 e. The Labute approximate surface area is 115 Å². The molecule has 0 fully saturated rings. The Hall–Kier alpha value is -1.82. The van der Waals surface area contributed by atoms with Crippen LogP contribution >= 0.6 is 11.8 Å². The van der Waals surface area contributed by atoms with Gasteiger partial charge in [-0.25, -0.2) is 0 Å². The summed E-state index contributed by atoms with van der Waals surface area (Å²) in [7, 11) is 1.54. The fourth-order valence-corrected chi connectivity index (χ4v) is 1.90. The molecule has 0 bridgehead atoms. The Morgan fingerprint density at radius 2 is 1.84 bits per heavy atom. The molecule has 1 aromatic carbocycles. The fourth-order valence-electron chi connectivity index (χ4n) is 1.29. The Morgan fingerprint density at radius 1 is 1.21 bits per heavy atom. The SMILES string of the molecule is CC(=O)OCCSC(=O)C(=O)N(C)c1ccccc1. The summed E-state index contributed by atoms with van der Waals surface area (Å²) in [6, 6.07) is 8.90. The van der Waals surface area contributed by atoms with E-state index in [0.29, 0.717) is 5.69 Å². The van der Waals surface area contributed by atoms with Gasteiger partial charge in [0.05, 0.1) is 0 Å². The number of rotatable bonds is 4. The van der Waals surface area contributed by atoms with E-state index in [-0.39, 0.29) is 12.4 Å². The number of ether oxygens (including phenoxy) is 1. The van der Waals surface area contributed by atoms with Crippen molar-refractivity contribution in [2.45, 2.75) is 6.92 Å². The topological polar surface area (TPSA) is 63.7 Å². The lowest BCUT2D eigenvalue weighted by molar-refractivity contribution is -0.140. The predicted octanol–water partition coefficient (Wildman–Crippen LogP) is 1.47. The molecule has 0 heterocycles. The number of carbonyl (C=O) groups is 3. The van der Waals surface area contributed by atoms with Crippen molar-refractivity contribution in [2.24, 2.45) is 0 Å². The van der Waals surface area contributed by atoms with Gasteiger partial charge in [-0.05, 0) is 12.1 Å². The van der Waals surface area contributed by atoms with Crippen molar-refractivity contribution in [3.8, 4) is 0 Å². The highest BCUT2D eigenvalue weighted by Gasteiger charge is 2.20. The monoisotopic (exact) mass is 281 g/mol. The van der Waals surface area contributed by atoms with E-state index in [9.17, 15) is 14.4 Å². The van der Waals surface area contributed by atoms with Gasteiger partial charge in [0, 0.05) is 25.4 Å². The van der Waals surface area contributed by atoms with E-state index in [2.05, 4.69) is 4.74 Å². The molecule has 1 aromatic rings. The van der Waals surface area contributed by atoms with Crippen LogP contribution in [0.15, 0.2) is 30.3 Å². The third kappa shape index (κ3) is 5.13. The van der Waals surface area contributed by atoms with Gasteiger partial charge >= 0.3 is 11.9 Å². The summed E-state index contributed by atoms with van der Waals surface area (Å²) in [6.07, 6.45) is 0. The second kappa shape index (κ2) is 7.58. The zero-order valence-corrected chi connectivity index (χ0v) is 11.6. The number of hydrogen-bond donors (Lipinski definition) is 0. The maximum Gasteiger partial charge on any atom is 0.305 e. The Balaban J connectivity index is 2.44. The molecule has 0 aromatic heterocycles. The van der Waals surface area contributed by atoms with Gasteiger partial charge in [0.2, 0.25) is 0 Å². The molecule has 0 unspecified atom stereocenters. The van der Waals surface area contributed by atoms with E-state index in [1.807, 2.05) is 6.07 Å². The van der Waals surface area contributed by atoms with Crippen LogP contribution < -0.4 is 4.90 Å². The first kappa shape index (κ1) is 15.2. The highest BCUT2D eigenvalue weighted by molar-refractivity contribution is 8.15. The van der Waals surface area contributed by atoms with Gasteiger partial charge in [-0.3, -0.25) is 14.4 Å². The van der Waals surface area contributed by atoms with E-state index < -0.39 is 17.0 Å². The number of thioether (sulfide) groups is 1. The minimum absolute atomic E-state index is 0.119. The standard InChI is InChI=1S/C13H15NO4S/c1-10(15)18-8-9-19-13(17)12(16)14(2)11-6-4-3-5-7-11/h3-7H,8-9H2,1-2H3. The molecule has 102 valence electrons. The van der Waals surface area contributed by atoms with Crippen molar-refractivity contribution in [1.29, 1.82) is 0 Å². The van der Waals surface area contributed by atoms with Gasteiger partial charge < -0.3 is 9.64 Å². The van der Waals surface area contributed by atoms with Crippen LogP contribution in [0.3, 0.4) is 0 Å². The number of benzene rings is 1. The van der Waals surface area contributed by atoms with Crippen LogP contribution in [0.5, 0.6) is 0 Å². The van der Waals surface area contributed by atoms with E-state index >= 15 is 0 Å². The molecule has 0 atom stereocenters. The number of amides is 1. The van der Waals surface area contributed by atoms with Gasteiger partial charge in [0.15, 0.2) is 0 Å². The van der Waals surface area contributed by atoms with Gasteiger partial charge in [0.25, 0.3) is 5.12 Å². The molecule has 1 amide bonds. The lowest BCUT2D eigenvalue weighted by Crippen LogP contribution is -2.31. The number of para-hydroxylation sites is 1. The zero-order chi connectivity index (χ0) is 14.3. The summed E-state index contributed by atoms with van der Waals surface area (Å²) in [5.74, 6) is -0.730. The minimum atomic E-state index is -0.598. The van der Waals surface area contributed by atoms with E-state index in [1.165, 1.54) is 11.8 Å². The van der Waals surface area contributed by atoms with Crippen molar-refractivity contribution in [1.82, 2.24) is 0 Å². The van der Waals surface area contributed by atoms with Gasteiger partial charge in [-0.2, -0.15) is 0 Å². The normalized spacial score (nSPS) is 9.79. The van der Waals surface area contributed by atoms with Gasteiger partial charge in [-0.15, -0.1) is 0 Å². The summed E-state index contributed by atoms with van der Waals surface area (Å²) in [5, 5.41) is -0.571. The highest BCUT2D eigenvalue weighted by atomic mass is 32.2. The van der Waals surface area contributed by atoms with Crippen molar-refractivity contribution >= 4 is 34.4 Å². The molecule has 0 aliphatic rings. The van der Waals surface area contributed by atoms with E-state index in [0.717, 1.165) is 11.8 Å². The first-order valence-corrected chi connectivity index (χ1v) is 6.64. The number of likely N-dealkylation sites (N-methyl/N-ethyl adjacent to an activating group) is 1. The number of carbonyl (C=O) groups excluding carboxylic acids is 3. The average molecular weight is 281 g/mol. The van der Waals surface area contributed by atoms with Gasteiger partial charge in [-0.1, -0.05) is 30.0 Å². The minimum Gasteiger partial charge on any atom is -0.465 e. The van der Waals surface area contributed by atoms with Crippen LogP contribution in [0.1, 0.15) is 6.92 Å². The van der Waals surface area contributed by atoms with Crippen LogP contribution in [0.2, 0.25) is 0 Å². The molecule has 0 N–H and O–H groups in total. The summed E-state index contributed by atoms with van der Waals surface area (Å²) in [4.78, 5) is 35.3. The second-order valence-electron chi connectivity index (χ2n) is 3.68. The molecule has 0 spiro atoms. The quantitative estimate of drug-likeness (QED) is 0.475. The number of hydrogen-bond acceptors (Lipinski definition) is 5. The summed E-state index contributed by atoms with van der Waals surface area (Å²) in [5.41, 5.74) is 0.654. The number of esters is 1. The molecule has 19 heavy (non-hydrogen) atoms. The van der Waals surface area contributed by atoms with Crippen LogP contribution in [-0.2, 0) is 19.1 Å². The molecule has 1 rings (SSSR count). The predicted molar refractivity (Wildman–Crippen MR) is 74.0 cm³/mol. The van der Waals surface area contributed by atoms with Crippen molar-refractivity contribution in [3.63, 3.8) is 0 Å². The molecule has 5 nitrogen and oxygen atoms in total. The molecule has 6 heteroatoms. The fraction of sp³-hybridized carbons (Fsp3) is 0.308. The number of anilines is 1. The molecular weight excluding hydrogens is 266 g/mol. The molecule has 0 saturated carbocycles. The maximum atomic E-state index is 11.8. The molecule has 0 saturated heterocycles. The zero-order valence-electron chi connectivity index (χ0n) is 10.8. The maximum absolute atomic E-state index is 11.8. The highest BCUT2D eigenvalue weighted by Crippen LogP contribution is 2.14. The van der Waals surface area contributed by atoms with Crippen LogP contribution in [-0.4, -0.2) is 36.4 Å². The molecular formula is C13H15NO4S. The lowest BCUT2D eigenvalue weighted by atomic mass is 10.3. The average Bonchev–Trinajstić information content (AvgIpc) is 2.42. The first-order valence-electron chi connectivity index (χ1n) is 5.65. The summed E-state index contributed by atoms with van der Waals surface area (Å²) in [6.45, 7) is 1.41.